The van der Waals surface area contributed by atoms with E-state index in [1.807, 2.05) is 0 Å². The van der Waals surface area contributed by atoms with Crippen LogP contribution < -0.4 is 4.74 Å². The zero-order valence-electron chi connectivity index (χ0n) is 14.0. The Labute approximate surface area is 154 Å². The summed E-state index contributed by atoms with van der Waals surface area (Å²) in [4.78, 5) is 39.9. The number of hydrogen-bond donors (Lipinski definition) is 0. The Bertz CT molecular complexity index is 1040. The lowest BCUT2D eigenvalue weighted by atomic mass is 10.0. The summed E-state index contributed by atoms with van der Waals surface area (Å²) in [7, 11) is 0. The summed E-state index contributed by atoms with van der Waals surface area (Å²) in [5.74, 6) is 0.985. The molecule has 0 radical (unpaired) electrons. The standard InChI is InChI=1S/C21H12N2O4/c24-13-22-17-5-1-15(2-6-17)21(26)16-3-9-19(10-4-16)27-20-11-7-18(8-12-20)23-14-25/h1-12H. The molecule has 0 unspecified atom stereocenters. The number of rotatable bonds is 6. The first-order valence-electron chi connectivity index (χ1n) is 7.88. The first kappa shape index (κ1) is 17.7. The fraction of sp³-hybridized carbons (Fsp3) is 0. The average Bonchev–Trinajstić information content (AvgIpc) is 2.71. The van der Waals surface area contributed by atoms with Gasteiger partial charge in [-0.25, -0.2) is 9.59 Å². The molecule has 130 valence electrons. The highest BCUT2D eigenvalue weighted by molar-refractivity contribution is 6.09. The maximum Gasteiger partial charge on any atom is 0.240 e. The average molecular weight is 356 g/mol. The number of nitrogens with zero attached hydrogens (tertiary/aromatic N) is 2. The molecular weight excluding hydrogens is 344 g/mol. The van der Waals surface area contributed by atoms with Crippen molar-refractivity contribution in [3.8, 4) is 11.5 Å². The van der Waals surface area contributed by atoms with Crippen LogP contribution in [0.2, 0.25) is 0 Å². The number of ether oxygens (including phenoxy) is 1. The molecule has 0 aliphatic rings. The molecule has 6 nitrogen and oxygen atoms in total. The largest absolute Gasteiger partial charge is 0.457 e. The lowest BCUT2D eigenvalue weighted by Crippen LogP contribution is -2.00. The van der Waals surface area contributed by atoms with Gasteiger partial charge >= 0.3 is 0 Å². The minimum absolute atomic E-state index is 0.153. The second kappa shape index (κ2) is 8.32. The van der Waals surface area contributed by atoms with Crippen LogP contribution in [0.15, 0.2) is 82.8 Å². The summed E-state index contributed by atoms with van der Waals surface area (Å²) in [5, 5.41) is 0. The van der Waals surface area contributed by atoms with Crippen molar-refractivity contribution in [3.05, 3.63) is 83.9 Å². The molecule has 0 bridgehead atoms. The molecule has 0 N–H and O–H groups in total. The molecule has 27 heavy (non-hydrogen) atoms. The van der Waals surface area contributed by atoms with Crippen molar-refractivity contribution in [3.63, 3.8) is 0 Å². The second-order valence-electron chi connectivity index (χ2n) is 5.40. The summed E-state index contributed by atoms with van der Waals surface area (Å²) >= 11 is 0. The van der Waals surface area contributed by atoms with Crippen molar-refractivity contribution in [1.82, 2.24) is 0 Å². The Hall–Kier alpha value is -4.11. The van der Waals surface area contributed by atoms with E-state index in [9.17, 15) is 14.4 Å². The fourth-order valence-corrected chi connectivity index (χ4v) is 2.36. The minimum atomic E-state index is -0.153. The molecule has 0 saturated heterocycles. The van der Waals surface area contributed by atoms with Gasteiger partial charge in [0, 0.05) is 11.1 Å². The predicted octanol–water partition coefficient (Wildman–Crippen LogP) is 4.64. The van der Waals surface area contributed by atoms with Gasteiger partial charge in [-0.3, -0.25) is 4.79 Å². The Balaban J connectivity index is 1.71. The highest BCUT2D eigenvalue weighted by Gasteiger charge is 2.09. The molecule has 3 rings (SSSR count). The van der Waals surface area contributed by atoms with Crippen LogP contribution in [0.4, 0.5) is 11.4 Å². The van der Waals surface area contributed by atoms with E-state index < -0.39 is 0 Å². The van der Waals surface area contributed by atoms with Crippen molar-refractivity contribution in [2.24, 2.45) is 9.98 Å². The van der Waals surface area contributed by atoms with E-state index >= 15 is 0 Å². The van der Waals surface area contributed by atoms with Gasteiger partial charge in [-0.05, 0) is 72.8 Å². The first-order chi connectivity index (χ1) is 13.2. The molecule has 0 fully saturated rings. The molecule has 0 amide bonds. The predicted molar refractivity (Wildman–Crippen MR) is 98.4 cm³/mol. The quantitative estimate of drug-likeness (QED) is 0.366. The van der Waals surface area contributed by atoms with Crippen molar-refractivity contribution in [1.29, 1.82) is 0 Å². The number of aliphatic imine (C=N–C) groups is 2. The summed E-state index contributed by atoms with van der Waals surface area (Å²) in [5.41, 5.74) is 1.92. The number of carbonyl (C=O) groups is 1. The van der Waals surface area contributed by atoms with Crippen LogP contribution in [0, 0.1) is 0 Å². The van der Waals surface area contributed by atoms with Gasteiger partial charge in [-0.1, -0.05) is 0 Å². The summed E-state index contributed by atoms with van der Waals surface area (Å²) in [6, 6.07) is 19.7. The third kappa shape index (κ3) is 4.50. The van der Waals surface area contributed by atoms with Crippen molar-refractivity contribution < 1.29 is 19.1 Å². The van der Waals surface area contributed by atoms with E-state index in [2.05, 4.69) is 9.98 Å². The lowest BCUT2D eigenvalue weighted by Gasteiger charge is -2.07. The molecule has 6 heteroatoms. The highest BCUT2D eigenvalue weighted by Crippen LogP contribution is 2.25. The minimum Gasteiger partial charge on any atom is -0.457 e. The van der Waals surface area contributed by atoms with Gasteiger partial charge < -0.3 is 4.74 Å². The SMILES string of the molecule is O=C=Nc1ccc(Oc2ccc(C(=O)c3ccc(N=C=O)cc3)cc2)cc1. The van der Waals surface area contributed by atoms with E-state index in [4.69, 9.17) is 4.74 Å². The van der Waals surface area contributed by atoms with Gasteiger partial charge in [0.1, 0.15) is 11.5 Å². The number of ketones is 1. The van der Waals surface area contributed by atoms with E-state index in [1.165, 1.54) is 12.2 Å². The van der Waals surface area contributed by atoms with E-state index in [0.29, 0.717) is 34.0 Å². The highest BCUT2D eigenvalue weighted by atomic mass is 16.5. The Morgan fingerprint density at radius 1 is 0.630 bits per heavy atom. The summed E-state index contributed by atoms with van der Waals surface area (Å²) in [6.45, 7) is 0. The Morgan fingerprint density at radius 3 is 1.44 bits per heavy atom. The first-order valence-corrected chi connectivity index (χ1v) is 7.88. The third-order valence-corrected chi connectivity index (χ3v) is 3.67. The molecule has 0 spiro atoms. The van der Waals surface area contributed by atoms with Crippen LogP contribution in [0.5, 0.6) is 11.5 Å². The third-order valence-electron chi connectivity index (χ3n) is 3.67. The Kier molecular flexibility index (Phi) is 5.45. The smallest absolute Gasteiger partial charge is 0.240 e. The Morgan fingerprint density at radius 2 is 1.00 bits per heavy atom. The zero-order chi connectivity index (χ0) is 19.1. The van der Waals surface area contributed by atoms with Crippen molar-refractivity contribution in [2.45, 2.75) is 0 Å². The maximum atomic E-state index is 12.5. The van der Waals surface area contributed by atoms with Crippen LogP contribution in [-0.2, 0) is 9.59 Å². The van der Waals surface area contributed by atoms with Gasteiger partial charge in [0.25, 0.3) is 0 Å². The van der Waals surface area contributed by atoms with Crippen LogP contribution in [0.1, 0.15) is 15.9 Å². The molecule has 0 saturated carbocycles. The normalized spacial score (nSPS) is 9.63. The summed E-state index contributed by atoms with van der Waals surface area (Å²) in [6.07, 6.45) is 2.93. The topological polar surface area (TPSA) is 85.2 Å². The van der Waals surface area contributed by atoms with Crippen LogP contribution in [-0.4, -0.2) is 17.9 Å². The molecule has 3 aromatic rings. The van der Waals surface area contributed by atoms with Crippen molar-refractivity contribution in [2.75, 3.05) is 0 Å². The van der Waals surface area contributed by atoms with Crippen LogP contribution in [0.25, 0.3) is 0 Å². The van der Waals surface area contributed by atoms with Gasteiger partial charge in [0.2, 0.25) is 12.2 Å². The number of benzene rings is 3. The lowest BCUT2D eigenvalue weighted by molar-refractivity contribution is 0.103. The van der Waals surface area contributed by atoms with Gasteiger partial charge in [0.15, 0.2) is 5.78 Å². The second-order valence-corrected chi connectivity index (χ2v) is 5.40. The maximum absolute atomic E-state index is 12.5. The van der Waals surface area contributed by atoms with Crippen LogP contribution >= 0.6 is 0 Å². The number of hydrogen-bond acceptors (Lipinski definition) is 6. The van der Waals surface area contributed by atoms with E-state index in [-0.39, 0.29) is 5.78 Å². The molecule has 0 heterocycles. The molecule has 0 aliphatic heterocycles. The van der Waals surface area contributed by atoms with Gasteiger partial charge in [-0.15, -0.1) is 0 Å². The number of isocyanates is 2. The van der Waals surface area contributed by atoms with Gasteiger partial charge in [0.05, 0.1) is 11.4 Å². The van der Waals surface area contributed by atoms with Crippen LogP contribution in [0.3, 0.4) is 0 Å². The van der Waals surface area contributed by atoms with Crippen molar-refractivity contribution >= 4 is 29.3 Å². The molecule has 3 aromatic carbocycles. The fourth-order valence-electron chi connectivity index (χ4n) is 2.36. The monoisotopic (exact) mass is 356 g/mol. The zero-order valence-corrected chi connectivity index (χ0v) is 14.0. The molecule has 0 atom stereocenters. The molecular formula is C21H12N2O4. The molecule has 0 aromatic heterocycles. The van der Waals surface area contributed by atoms with E-state index in [0.717, 1.165) is 0 Å². The molecule has 0 aliphatic carbocycles. The summed E-state index contributed by atoms with van der Waals surface area (Å²) < 4.78 is 5.69. The number of carbonyl (C=O) groups excluding carboxylic acids is 3. The van der Waals surface area contributed by atoms with Gasteiger partial charge in [-0.2, -0.15) is 9.98 Å². The van der Waals surface area contributed by atoms with E-state index in [1.54, 1.807) is 72.8 Å².